The van der Waals surface area contributed by atoms with E-state index in [2.05, 4.69) is 13.8 Å². The number of methoxy groups -OCH3 is 1. The van der Waals surface area contributed by atoms with Gasteiger partial charge in [-0.1, -0.05) is 19.4 Å². The molecule has 31 heavy (non-hydrogen) atoms. The van der Waals surface area contributed by atoms with Crippen molar-refractivity contribution in [3.63, 3.8) is 0 Å². The quantitative estimate of drug-likeness (QED) is 0.438. The van der Waals surface area contributed by atoms with Crippen LogP contribution in [0.25, 0.3) is 0 Å². The molecule has 0 spiro atoms. The third-order valence-corrected chi connectivity index (χ3v) is 9.58. The third kappa shape index (κ3) is 3.95. The van der Waals surface area contributed by atoms with Crippen molar-refractivity contribution in [2.45, 2.75) is 77.2 Å². The zero-order valence-corrected chi connectivity index (χ0v) is 22.4. The van der Waals surface area contributed by atoms with Crippen molar-refractivity contribution in [3.8, 4) is 0 Å². The molecule has 4 aliphatic rings. The fourth-order valence-electron chi connectivity index (χ4n) is 7.79. The topological polar surface area (TPSA) is 104 Å². The molecule has 0 radical (unpaired) electrons. The number of hydrogen-bond acceptors (Lipinski definition) is 6. The van der Waals surface area contributed by atoms with E-state index in [1.165, 1.54) is 7.11 Å². The summed E-state index contributed by atoms with van der Waals surface area (Å²) >= 11 is 0. The summed E-state index contributed by atoms with van der Waals surface area (Å²) in [7, 11) is 1.42. The Morgan fingerprint density at radius 3 is 2.52 bits per heavy atom. The minimum atomic E-state index is -1.14. The summed E-state index contributed by atoms with van der Waals surface area (Å²) in [6.07, 6.45) is 6.70. The maximum atomic E-state index is 12.9. The van der Waals surface area contributed by atoms with Crippen molar-refractivity contribution in [2.75, 3.05) is 7.11 Å². The maximum absolute atomic E-state index is 12.9. The largest absolute Gasteiger partial charge is 1.00 e. The minimum Gasteiger partial charge on any atom is -0.550 e. The Bertz CT molecular complexity index is 808. The van der Waals surface area contributed by atoms with Crippen molar-refractivity contribution < 1.29 is 80.7 Å². The predicted molar refractivity (Wildman–Crippen MR) is 107 cm³/mol. The molecule has 0 aliphatic heterocycles. The SMILES string of the molecule is COC(=O)C1CC2=CC(=O)CCC2(C)C2CCC3(C)C(CCC3(O)CCC(=O)[O-])C12.[K+]. The normalized spacial score (nSPS) is 43.6. The molecule has 0 aromatic rings. The number of carboxylic acid groups (broad SMARTS) is 1. The van der Waals surface area contributed by atoms with Gasteiger partial charge in [-0.3, -0.25) is 9.59 Å². The molecule has 0 aromatic heterocycles. The monoisotopic (exact) mass is 456 g/mol. The first kappa shape index (κ1) is 25.6. The molecule has 4 aliphatic carbocycles. The number of allylic oxidation sites excluding steroid dienone is 1. The molecule has 0 saturated heterocycles. The van der Waals surface area contributed by atoms with Crippen LogP contribution < -0.4 is 56.5 Å². The van der Waals surface area contributed by atoms with E-state index in [1.54, 1.807) is 6.08 Å². The van der Waals surface area contributed by atoms with Crippen LogP contribution >= 0.6 is 0 Å². The number of carboxylic acids is 1. The first-order valence-corrected chi connectivity index (χ1v) is 11.3. The number of fused-ring (bicyclic) bond motifs is 5. The van der Waals surface area contributed by atoms with Gasteiger partial charge in [-0.15, -0.1) is 0 Å². The fraction of sp³-hybridized carbons (Fsp3) is 0.792. The van der Waals surface area contributed by atoms with Crippen LogP contribution in [0.4, 0.5) is 0 Å². The Balaban J connectivity index is 0.00000272. The van der Waals surface area contributed by atoms with Crippen LogP contribution in [0.1, 0.15) is 71.6 Å². The molecule has 7 unspecified atom stereocenters. The van der Waals surface area contributed by atoms with Gasteiger partial charge in [0.25, 0.3) is 0 Å². The molecule has 7 atom stereocenters. The van der Waals surface area contributed by atoms with Gasteiger partial charge < -0.3 is 19.7 Å². The van der Waals surface area contributed by atoms with Crippen LogP contribution in [-0.2, 0) is 19.1 Å². The Hall–Kier alpha value is -0.0536. The van der Waals surface area contributed by atoms with Crippen LogP contribution in [-0.4, -0.2) is 35.5 Å². The van der Waals surface area contributed by atoms with Gasteiger partial charge in [0.05, 0.1) is 18.6 Å². The molecule has 0 amide bonds. The van der Waals surface area contributed by atoms with Gasteiger partial charge in [-0.2, -0.15) is 0 Å². The summed E-state index contributed by atoms with van der Waals surface area (Å²) in [4.78, 5) is 36.1. The summed E-state index contributed by atoms with van der Waals surface area (Å²) in [5.41, 5.74) is -0.499. The van der Waals surface area contributed by atoms with Gasteiger partial charge in [0.2, 0.25) is 0 Å². The molecule has 0 bridgehead atoms. The summed E-state index contributed by atoms with van der Waals surface area (Å²) < 4.78 is 5.19. The van der Waals surface area contributed by atoms with Crippen molar-refractivity contribution >= 4 is 17.7 Å². The van der Waals surface area contributed by atoms with E-state index < -0.39 is 17.0 Å². The van der Waals surface area contributed by atoms with Crippen LogP contribution in [0.5, 0.6) is 0 Å². The Labute approximate surface area is 227 Å². The second-order valence-corrected chi connectivity index (χ2v) is 10.6. The summed E-state index contributed by atoms with van der Waals surface area (Å²) in [6.45, 7) is 4.33. The standard InChI is InChI=1S/C24H34O6.K/c1-22-8-4-15(25)12-14(22)13-16(21(28)30-3)20-17(22)5-9-23(2)18(20)6-10-24(23,29)11-7-19(26)27;/h12,16-18,20,29H,4-11,13H2,1-3H3,(H,26,27);/q;+1/p-1. The van der Waals surface area contributed by atoms with E-state index >= 15 is 0 Å². The predicted octanol–water partition coefficient (Wildman–Crippen LogP) is -0.817. The molecule has 0 aromatic carbocycles. The molecule has 7 heteroatoms. The molecule has 6 nitrogen and oxygen atoms in total. The molecule has 3 saturated carbocycles. The zero-order valence-electron chi connectivity index (χ0n) is 19.2. The van der Waals surface area contributed by atoms with E-state index in [4.69, 9.17) is 4.74 Å². The number of ketones is 1. The van der Waals surface area contributed by atoms with Crippen LogP contribution in [0.3, 0.4) is 0 Å². The molecule has 3 fully saturated rings. The average Bonchev–Trinajstić information content (AvgIpc) is 2.97. The number of ether oxygens (including phenoxy) is 1. The fourth-order valence-corrected chi connectivity index (χ4v) is 7.79. The number of aliphatic hydroxyl groups is 1. The maximum Gasteiger partial charge on any atom is 1.00 e. The van der Waals surface area contributed by atoms with E-state index in [1.807, 2.05) is 0 Å². The first-order chi connectivity index (χ1) is 14.1. The Morgan fingerprint density at radius 1 is 1.19 bits per heavy atom. The van der Waals surface area contributed by atoms with Crippen molar-refractivity contribution in [1.82, 2.24) is 0 Å². The average molecular weight is 457 g/mol. The van der Waals surface area contributed by atoms with Gasteiger partial charge in [0, 0.05) is 12.4 Å². The molecule has 1 N–H and O–H groups in total. The number of esters is 1. The molecular weight excluding hydrogens is 423 g/mol. The van der Waals surface area contributed by atoms with Crippen LogP contribution in [0, 0.1) is 34.5 Å². The Morgan fingerprint density at radius 2 is 1.87 bits per heavy atom. The number of carbonyl (C=O) groups is 3. The number of carbonyl (C=O) groups excluding carboxylic acids is 3. The van der Waals surface area contributed by atoms with Crippen LogP contribution in [0.15, 0.2) is 11.6 Å². The summed E-state index contributed by atoms with van der Waals surface area (Å²) in [5.74, 6) is -1.09. The van der Waals surface area contributed by atoms with Gasteiger partial charge in [-0.25, -0.2) is 0 Å². The van der Waals surface area contributed by atoms with E-state index in [9.17, 15) is 24.6 Å². The molecule has 0 heterocycles. The van der Waals surface area contributed by atoms with Gasteiger partial charge >= 0.3 is 57.4 Å². The summed E-state index contributed by atoms with van der Waals surface area (Å²) in [5, 5.41) is 22.6. The number of rotatable bonds is 4. The van der Waals surface area contributed by atoms with E-state index in [-0.39, 0.29) is 105 Å². The molecular formula is C24H33KO6. The van der Waals surface area contributed by atoms with Gasteiger partial charge in [-0.05, 0) is 86.0 Å². The summed E-state index contributed by atoms with van der Waals surface area (Å²) in [6, 6.07) is 0. The zero-order chi connectivity index (χ0) is 21.9. The first-order valence-electron chi connectivity index (χ1n) is 11.3. The van der Waals surface area contributed by atoms with Crippen molar-refractivity contribution in [3.05, 3.63) is 11.6 Å². The Kier molecular flexibility index (Phi) is 7.38. The van der Waals surface area contributed by atoms with E-state index in [0.717, 1.165) is 31.3 Å². The van der Waals surface area contributed by atoms with Crippen molar-refractivity contribution in [2.24, 2.45) is 34.5 Å². The third-order valence-electron chi connectivity index (χ3n) is 9.58. The van der Waals surface area contributed by atoms with Gasteiger partial charge in [0.15, 0.2) is 5.78 Å². The molecule has 4 rings (SSSR count). The van der Waals surface area contributed by atoms with E-state index in [0.29, 0.717) is 19.3 Å². The second-order valence-electron chi connectivity index (χ2n) is 10.6. The second kappa shape index (κ2) is 8.95. The van der Waals surface area contributed by atoms with Crippen LogP contribution in [0.2, 0.25) is 0 Å². The smallest absolute Gasteiger partial charge is 0.550 e. The van der Waals surface area contributed by atoms with Crippen molar-refractivity contribution in [1.29, 1.82) is 0 Å². The number of aliphatic carboxylic acids is 1. The van der Waals surface area contributed by atoms with Gasteiger partial charge in [0.1, 0.15) is 0 Å². The number of hydrogen-bond donors (Lipinski definition) is 1. The minimum absolute atomic E-state index is 0. The molecule has 166 valence electrons.